The first-order valence-electron chi connectivity index (χ1n) is 4.00. The van der Waals surface area contributed by atoms with Crippen LogP contribution < -0.4 is 0 Å². The highest BCUT2D eigenvalue weighted by Gasteiger charge is 2.06. The second-order valence-electron chi connectivity index (χ2n) is 2.84. The fourth-order valence-electron chi connectivity index (χ4n) is 1.06. The molecule has 4 heteroatoms. The second-order valence-corrected chi connectivity index (χ2v) is 2.84. The van der Waals surface area contributed by atoms with Crippen molar-refractivity contribution in [2.75, 3.05) is 0 Å². The van der Waals surface area contributed by atoms with Crippen LogP contribution in [0.2, 0.25) is 0 Å². The fraction of sp³-hybridized carbons (Fsp3) is 0.100. The van der Waals surface area contributed by atoms with Crippen molar-refractivity contribution in [1.82, 2.24) is 0 Å². The highest BCUT2D eigenvalue weighted by atomic mass is 16.1. The normalized spacial score (nSPS) is 8.93. The van der Waals surface area contributed by atoms with E-state index >= 15 is 0 Å². The van der Waals surface area contributed by atoms with Gasteiger partial charge in [-0.2, -0.15) is 0 Å². The Morgan fingerprint density at radius 2 is 2.29 bits per heavy atom. The van der Waals surface area contributed by atoms with Gasteiger partial charge in [0.15, 0.2) is 0 Å². The Kier molecular flexibility index (Phi) is 3.05. The molecule has 0 aliphatic rings. The zero-order valence-corrected chi connectivity index (χ0v) is 7.77. The molecule has 4 nitrogen and oxygen atoms in total. The van der Waals surface area contributed by atoms with Gasteiger partial charge in [-0.1, -0.05) is 36.4 Å². The van der Waals surface area contributed by atoms with Crippen LogP contribution in [0.5, 0.6) is 0 Å². The molecule has 0 unspecified atom stereocenters. The molecule has 0 bridgehead atoms. The summed E-state index contributed by atoms with van der Waals surface area (Å²) in [6.45, 7) is 5.48. The highest BCUT2D eigenvalue weighted by Crippen LogP contribution is 2.15. The molecule has 1 aromatic carbocycles. The van der Waals surface area contributed by atoms with Crippen LogP contribution in [0.25, 0.3) is 16.0 Å². The number of nitrogens with zero attached hydrogens (tertiary/aromatic N) is 3. The number of amides is 1. The smallest absolute Gasteiger partial charge is 0.249 e. The van der Waals surface area contributed by atoms with Gasteiger partial charge in [0.1, 0.15) is 0 Å². The summed E-state index contributed by atoms with van der Waals surface area (Å²) in [6, 6.07) is 7.29. The Hall–Kier alpha value is -2.06. The van der Waals surface area contributed by atoms with E-state index in [1.165, 1.54) is 0 Å². The van der Waals surface area contributed by atoms with E-state index < -0.39 is 5.91 Å². The number of benzene rings is 1. The lowest BCUT2D eigenvalue weighted by molar-refractivity contribution is -0.112. The third kappa shape index (κ3) is 2.21. The van der Waals surface area contributed by atoms with E-state index in [1.54, 1.807) is 6.07 Å². The van der Waals surface area contributed by atoms with Gasteiger partial charge in [0.25, 0.3) is 0 Å². The van der Waals surface area contributed by atoms with Crippen LogP contribution in [-0.2, 0) is 4.79 Å². The number of azide groups is 1. The van der Waals surface area contributed by atoms with Crippen LogP contribution >= 0.6 is 0 Å². The third-order valence-electron chi connectivity index (χ3n) is 1.76. The molecule has 0 aliphatic carbocycles. The summed E-state index contributed by atoms with van der Waals surface area (Å²) in [5.41, 5.74) is 10.0. The lowest BCUT2D eigenvalue weighted by Crippen LogP contribution is -1.95. The van der Waals surface area contributed by atoms with Gasteiger partial charge >= 0.3 is 0 Å². The van der Waals surface area contributed by atoms with Gasteiger partial charge in [0, 0.05) is 10.5 Å². The van der Waals surface area contributed by atoms with Crippen molar-refractivity contribution in [1.29, 1.82) is 0 Å². The number of carbonyl (C=O) groups is 1. The Labute approximate surface area is 81.5 Å². The second kappa shape index (κ2) is 4.25. The minimum Gasteiger partial charge on any atom is -0.287 e. The molecule has 0 fully saturated rings. The number of aryl methyl sites for hydroxylation is 1. The first kappa shape index (κ1) is 10.0. The average molecular weight is 187 g/mol. The summed E-state index contributed by atoms with van der Waals surface area (Å²) < 4.78 is 0. The monoisotopic (exact) mass is 187 g/mol. The van der Waals surface area contributed by atoms with Crippen molar-refractivity contribution >= 4 is 11.5 Å². The summed E-state index contributed by atoms with van der Waals surface area (Å²) >= 11 is 0. The van der Waals surface area contributed by atoms with Gasteiger partial charge in [0.05, 0.1) is 0 Å². The summed E-state index contributed by atoms with van der Waals surface area (Å²) in [5.74, 6) is -0.641. The van der Waals surface area contributed by atoms with Crippen molar-refractivity contribution in [2.45, 2.75) is 6.92 Å². The molecular weight excluding hydrogens is 178 g/mol. The minimum atomic E-state index is -0.641. The Morgan fingerprint density at radius 1 is 1.57 bits per heavy atom. The van der Waals surface area contributed by atoms with Crippen molar-refractivity contribution < 1.29 is 4.79 Å². The highest BCUT2D eigenvalue weighted by molar-refractivity contribution is 6.19. The van der Waals surface area contributed by atoms with E-state index in [0.717, 1.165) is 5.56 Å². The van der Waals surface area contributed by atoms with Crippen molar-refractivity contribution in [2.24, 2.45) is 5.11 Å². The van der Waals surface area contributed by atoms with Gasteiger partial charge in [-0.3, -0.25) is 4.79 Å². The van der Waals surface area contributed by atoms with Crippen LogP contribution in [0.1, 0.15) is 11.1 Å². The van der Waals surface area contributed by atoms with Crippen LogP contribution in [0.4, 0.5) is 0 Å². The van der Waals surface area contributed by atoms with E-state index in [2.05, 4.69) is 16.6 Å². The predicted octanol–water partition coefficient (Wildman–Crippen LogP) is 2.85. The number of hydrogen-bond acceptors (Lipinski definition) is 1. The molecule has 70 valence electrons. The molecule has 1 rings (SSSR count). The molecule has 0 saturated heterocycles. The van der Waals surface area contributed by atoms with Crippen molar-refractivity contribution in [3.63, 3.8) is 0 Å². The summed E-state index contributed by atoms with van der Waals surface area (Å²) in [6.07, 6.45) is 0. The van der Waals surface area contributed by atoms with Crippen LogP contribution in [-0.4, -0.2) is 5.91 Å². The molecule has 0 atom stereocenters. The molecule has 0 spiro atoms. The van der Waals surface area contributed by atoms with E-state index in [-0.39, 0.29) is 5.57 Å². The molecule has 0 radical (unpaired) electrons. The molecule has 0 saturated carbocycles. The zero-order chi connectivity index (χ0) is 10.6. The molecule has 1 aromatic rings. The largest absolute Gasteiger partial charge is 0.287 e. The first-order valence-corrected chi connectivity index (χ1v) is 4.00. The van der Waals surface area contributed by atoms with E-state index in [4.69, 9.17) is 5.53 Å². The number of carbonyl (C=O) groups excluding carboxylic acids is 1. The minimum absolute atomic E-state index is 0.214. The molecule has 0 aliphatic heterocycles. The molecular formula is C10H9N3O. The fourth-order valence-corrected chi connectivity index (χ4v) is 1.06. The Morgan fingerprint density at radius 3 is 2.86 bits per heavy atom. The third-order valence-corrected chi connectivity index (χ3v) is 1.76. The van der Waals surface area contributed by atoms with Gasteiger partial charge in [0.2, 0.25) is 5.91 Å². The topological polar surface area (TPSA) is 65.8 Å². The van der Waals surface area contributed by atoms with Crippen LogP contribution in [0, 0.1) is 6.92 Å². The summed E-state index contributed by atoms with van der Waals surface area (Å²) in [5, 5.41) is 2.97. The molecule has 14 heavy (non-hydrogen) atoms. The van der Waals surface area contributed by atoms with E-state index in [9.17, 15) is 4.79 Å². The Balaban J connectivity index is 3.01. The molecule has 0 heterocycles. The SMILES string of the molecule is C=C(C(=O)N=[N+]=[N-])c1cccc(C)c1. The maximum Gasteiger partial charge on any atom is 0.249 e. The lowest BCUT2D eigenvalue weighted by atomic mass is 10.1. The Bertz CT molecular complexity index is 431. The summed E-state index contributed by atoms with van der Waals surface area (Å²) in [7, 11) is 0. The van der Waals surface area contributed by atoms with Gasteiger partial charge in [-0.15, -0.1) is 0 Å². The predicted molar refractivity (Wildman–Crippen MR) is 54.4 cm³/mol. The standard InChI is InChI=1S/C10H9N3O/c1-7-4-3-5-9(6-7)8(2)10(14)12-13-11/h3-6H,2H2,1H3. The lowest BCUT2D eigenvalue weighted by Gasteiger charge is -2.01. The quantitative estimate of drug-likeness (QED) is 0.304. The maximum atomic E-state index is 11.1. The van der Waals surface area contributed by atoms with Crippen molar-refractivity contribution in [3.8, 4) is 0 Å². The van der Waals surface area contributed by atoms with E-state index in [1.807, 2.05) is 25.1 Å². The van der Waals surface area contributed by atoms with Crippen LogP contribution in [0.15, 0.2) is 36.0 Å². The average Bonchev–Trinajstić information content (AvgIpc) is 2.17. The number of rotatable bonds is 2. The molecule has 1 amide bonds. The summed E-state index contributed by atoms with van der Waals surface area (Å²) in [4.78, 5) is 13.6. The molecule has 0 N–H and O–H groups in total. The number of hydrogen-bond donors (Lipinski definition) is 0. The van der Waals surface area contributed by atoms with Crippen molar-refractivity contribution in [3.05, 3.63) is 52.4 Å². The molecule has 0 aromatic heterocycles. The van der Waals surface area contributed by atoms with E-state index in [0.29, 0.717) is 5.56 Å². The zero-order valence-electron chi connectivity index (χ0n) is 7.77. The van der Waals surface area contributed by atoms with Gasteiger partial charge in [-0.05, 0) is 23.1 Å². The van der Waals surface area contributed by atoms with Gasteiger partial charge < -0.3 is 0 Å². The first-order chi connectivity index (χ1) is 6.65. The van der Waals surface area contributed by atoms with Crippen LogP contribution in [0.3, 0.4) is 0 Å². The maximum absolute atomic E-state index is 11.1. The van der Waals surface area contributed by atoms with Gasteiger partial charge in [-0.25, -0.2) is 0 Å².